The zero-order valence-electron chi connectivity index (χ0n) is 13.6. The molecule has 24 heavy (non-hydrogen) atoms. The van der Waals surface area contributed by atoms with Crippen LogP contribution in [-0.2, 0) is 13.1 Å². The molecule has 0 amide bonds. The zero-order chi connectivity index (χ0) is 16.4. The van der Waals surface area contributed by atoms with E-state index in [-0.39, 0.29) is 12.0 Å². The summed E-state index contributed by atoms with van der Waals surface area (Å²) in [7, 11) is 0. The van der Waals surface area contributed by atoms with Gasteiger partial charge in [-0.15, -0.1) is 5.10 Å². The lowest BCUT2D eigenvalue weighted by molar-refractivity contribution is 0.0768. The molecule has 0 N–H and O–H groups in total. The van der Waals surface area contributed by atoms with Gasteiger partial charge in [-0.2, -0.15) is 0 Å². The highest BCUT2D eigenvalue weighted by Crippen LogP contribution is 2.30. The van der Waals surface area contributed by atoms with E-state index in [0.717, 1.165) is 50.6 Å². The first-order valence-corrected chi connectivity index (χ1v) is 8.65. The van der Waals surface area contributed by atoms with E-state index in [2.05, 4.69) is 20.2 Å². The topological polar surface area (TPSA) is 56.1 Å². The molecule has 2 aliphatic rings. The molecule has 2 fully saturated rings. The van der Waals surface area contributed by atoms with E-state index >= 15 is 0 Å². The molecule has 7 heteroatoms. The van der Waals surface area contributed by atoms with E-state index in [9.17, 15) is 4.39 Å². The summed E-state index contributed by atoms with van der Waals surface area (Å²) in [6, 6.07) is 2.95. The molecule has 1 saturated heterocycles. The lowest BCUT2D eigenvalue weighted by Crippen LogP contribution is -2.40. The zero-order valence-corrected chi connectivity index (χ0v) is 13.6. The van der Waals surface area contributed by atoms with Crippen LogP contribution in [0.3, 0.4) is 0 Å². The van der Waals surface area contributed by atoms with Gasteiger partial charge >= 0.3 is 0 Å². The van der Waals surface area contributed by atoms with Crippen molar-refractivity contribution >= 4 is 0 Å². The van der Waals surface area contributed by atoms with Gasteiger partial charge in [0.25, 0.3) is 5.88 Å². The standard InChI is InChI=1S/C17H22FN5O/c18-16-4-1-7-19-17(16)24-15-3-2-8-22(12-15)10-14-11-23(21-20-14)9-13-5-6-13/h1,4,7,11,13,15H,2-3,5-6,8-10,12H2. The maximum absolute atomic E-state index is 13.7. The quantitative estimate of drug-likeness (QED) is 0.813. The van der Waals surface area contributed by atoms with Gasteiger partial charge in [-0.3, -0.25) is 9.58 Å². The molecular weight excluding hydrogens is 309 g/mol. The van der Waals surface area contributed by atoms with Gasteiger partial charge in [0.1, 0.15) is 6.10 Å². The molecule has 2 aromatic rings. The summed E-state index contributed by atoms with van der Waals surface area (Å²) in [6.45, 7) is 3.50. The minimum Gasteiger partial charge on any atom is -0.471 e. The molecule has 1 unspecified atom stereocenters. The number of hydrogen-bond acceptors (Lipinski definition) is 5. The second-order valence-corrected chi connectivity index (χ2v) is 6.78. The lowest BCUT2D eigenvalue weighted by Gasteiger charge is -2.31. The van der Waals surface area contributed by atoms with Crippen LogP contribution in [0.2, 0.25) is 0 Å². The van der Waals surface area contributed by atoms with E-state index < -0.39 is 5.82 Å². The molecule has 0 bridgehead atoms. The van der Waals surface area contributed by atoms with Crippen LogP contribution in [0.1, 0.15) is 31.4 Å². The van der Waals surface area contributed by atoms with Crippen LogP contribution in [-0.4, -0.2) is 44.1 Å². The van der Waals surface area contributed by atoms with Crippen molar-refractivity contribution in [2.24, 2.45) is 5.92 Å². The summed E-state index contributed by atoms with van der Waals surface area (Å²) in [4.78, 5) is 6.27. The van der Waals surface area contributed by atoms with Gasteiger partial charge in [0.2, 0.25) is 0 Å². The highest BCUT2D eigenvalue weighted by atomic mass is 19.1. The fourth-order valence-electron chi connectivity index (χ4n) is 3.16. The predicted octanol–water partition coefficient (Wildman–Crippen LogP) is 2.27. The van der Waals surface area contributed by atoms with Gasteiger partial charge in [-0.05, 0) is 50.3 Å². The monoisotopic (exact) mass is 331 g/mol. The van der Waals surface area contributed by atoms with Crippen LogP contribution >= 0.6 is 0 Å². The molecule has 1 aliphatic carbocycles. The maximum Gasteiger partial charge on any atom is 0.250 e. The number of hydrogen-bond donors (Lipinski definition) is 0. The molecule has 0 aromatic carbocycles. The second-order valence-electron chi connectivity index (χ2n) is 6.78. The molecule has 128 valence electrons. The first kappa shape index (κ1) is 15.5. The number of pyridine rings is 1. The lowest BCUT2D eigenvalue weighted by atomic mass is 10.1. The summed E-state index contributed by atoms with van der Waals surface area (Å²) in [5.41, 5.74) is 0.986. The highest BCUT2D eigenvalue weighted by Gasteiger charge is 2.25. The van der Waals surface area contributed by atoms with Gasteiger partial charge in [-0.25, -0.2) is 9.37 Å². The van der Waals surface area contributed by atoms with Crippen molar-refractivity contribution < 1.29 is 9.13 Å². The van der Waals surface area contributed by atoms with Gasteiger partial charge < -0.3 is 4.74 Å². The van der Waals surface area contributed by atoms with Crippen molar-refractivity contribution in [3.63, 3.8) is 0 Å². The molecule has 3 heterocycles. The Balaban J connectivity index is 1.32. The fourth-order valence-corrected chi connectivity index (χ4v) is 3.16. The first-order chi connectivity index (χ1) is 11.8. The van der Waals surface area contributed by atoms with Crippen molar-refractivity contribution in [1.29, 1.82) is 0 Å². The summed E-state index contributed by atoms with van der Waals surface area (Å²) < 4.78 is 21.4. The van der Waals surface area contributed by atoms with Crippen molar-refractivity contribution in [2.45, 2.75) is 44.9 Å². The minimum absolute atomic E-state index is 0.0374. The Bertz CT molecular complexity index is 687. The number of halogens is 1. The van der Waals surface area contributed by atoms with Crippen LogP contribution in [0.4, 0.5) is 4.39 Å². The number of nitrogens with zero attached hydrogens (tertiary/aromatic N) is 5. The number of ether oxygens (including phenoxy) is 1. The Morgan fingerprint density at radius 1 is 1.29 bits per heavy atom. The molecule has 1 atom stereocenters. The molecule has 0 spiro atoms. The molecule has 6 nitrogen and oxygen atoms in total. The average molecular weight is 331 g/mol. The SMILES string of the molecule is Fc1cccnc1OC1CCCN(Cc2cn(CC3CC3)nn2)C1. The Kier molecular flexibility index (Phi) is 4.42. The molecule has 1 aliphatic heterocycles. The van der Waals surface area contributed by atoms with E-state index in [1.54, 1.807) is 12.3 Å². The predicted molar refractivity (Wildman–Crippen MR) is 85.9 cm³/mol. The molecular formula is C17H22FN5O. The van der Waals surface area contributed by atoms with Crippen LogP contribution in [0, 0.1) is 11.7 Å². The smallest absolute Gasteiger partial charge is 0.250 e. The Morgan fingerprint density at radius 2 is 2.21 bits per heavy atom. The van der Waals surface area contributed by atoms with Gasteiger partial charge in [0.05, 0.1) is 5.69 Å². The van der Waals surface area contributed by atoms with E-state index in [0.29, 0.717) is 0 Å². The largest absolute Gasteiger partial charge is 0.471 e. The third-order valence-electron chi connectivity index (χ3n) is 4.58. The molecule has 0 radical (unpaired) electrons. The summed E-state index contributed by atoms with van der Waals surface area (Å²) in [6.07, 6.45) is 8.12. The van der Waals surface area contributed by atoms with Crippen molar-refractivity contribution in [3.8, 4) is 5.88 Å². The Labute approximate surface area is 140 Å². The van der Waals surface area contributed by atoms with Crippen molar-refractivity contribution in [2.75, 3.05) is 13.1 Å². The third-order valence-corrected chi connectivity index (χ3v) is 4.58. The van der Waals surface area contributed by atoms with Crippen molar-refractivity contribution in [1.82, 2.24) is 24.9 Å². The van der Waals surface area contributed by atoms with Gasteiger partial charge in [0.15, 0.2) is 5.82 Å². The summed E-state index contributed by atoms with van der Waals surface area (Å²) in [5.74, 6) is 0.484. The van der Waals surface area contributed by atoms with Crippen LogP contribution < -0.4 is 4.74 Å². The minimum atomic E-state index is -0.405. The normalized spacial score (nSPS) is 21.8. The summed E-state index contributed by atoms with van der Waals surface area (Å²) in [5, 5.41) is 8.48. The van der Waals surface area contributed by atoms with Crippen LogP contribution in [0.5, 0.6) is 5.88 Å². The molecule has 2 aromatic heterocycles. The summed E-state index contributed by atoms with van der Waals surface area (Å²) >= 11 is 0. The average Bonchev–Trinajstić information content (AvgIpc) is 3.28. The third kappa shape index (κ3) is 3.90. The Morgan fingerprint density at radius 3 is 3.04 bits per heavy atom. The van der Waals surface area contributed by atoms with E-state index in [4.69, 9.17) is 4.74 Å². The van der Waals surface area contributed by atoms with Gasteiger partial charge in [0, 0.05) is 32.0 Å². The molecule has 4 rings (SSSR count). The highest BCUT2D eigenvalue weighted by molar-refractivity contribution is 5.13. The van der Waals surface area contributed by atoms with Crippen LogP contribution in [0.15, 0.2) is 24.5 Å². The first-order valence-electron chi connectivity index (χ1n) is 8.65. The van der Waals surface area contributed by atoms with E-state index in [1.165, 1.54) is 18.9 Å². The Hall–Kier alpha value is -2.02. The number of likely N-dealkylation sites (tertiary alicyclic amines) is 1. The van der Waals surface area contributed by atoms with E-state index in [1.807, 2.05) is 10.9 Å². The number of aromatic nitrogens is 4. The van der Waals surface area contributed by atoms with Crippen molar-refractivity contribution in [3.05, 3.63) is 36.0 Å². The number of piperidine rings is 1. The van der Waals surface area contributed by atoms with Gasteiger partial charge in [-0.1, -0.05) is 5.21 Å². The fraction of sp³-hybridized carbons (Fsp3) is 0.588. The maximum atomic E-state index is 13.7. The number of rotatable bonds is 6. The van der Waals surface area contributed by atoms with Crippen LogP contribution in [0.25, 0.3) is 0 Å². The second kappa shape index (κ2) is 6.84. The molecule has 1 saturated carbocycles.